The molecule has 1 aliphatic rings. The van der Waals surface area contributed by atoms with Gasteiger partial charge in [-0.2, -0.15) is 0 Å². The van der Waals surface area contributed by atoms with Gasteiger partial charge in [-0.3, -0.25) is 0 Å². The van der Waals surface area contributed by atoms with Crippen LogP contribution in [0.3, 0.4) is 0 Å². The van der Waals surface area contributed by atoms with Crippen molar-refractivity contribution in [2.24, 2.45) is 5.92 Å². The van der Waals surface area contributed by atoms with Crippen molar-refractivity contribution < 1.29 is 8.42 Å². The standard InChI is InChI=1S/C14H24N4O2S/c1-16-21(19,20)14-9-12(15)3-4-13(14)17-10-11-5-7-18(2)8-6-11/h3-4,9,11,16-17H,5-8,10,15H2,1-2H3. The fourth-order valence-electron chi connectivity index (χ4n) is 2.54. The number of hydrogen-bond donors (Lipinski definition) is 3. The number of benzene rings is 1. The smallest absolute Gasteiger partial charge is 0.242 e. The van der Waals surface area contributed by atoms with E-state index in [-0.39, 0.29) is 4.90 Å². The Morgan fingerprint density at radius 2 is 2.00 bits per heavy atom. The maximum atomic E-state index is 12.1. The van der Waals surface area contributed by atoms with E-state index in [2.05, 4.69) is 22.0 Å². The quantitative estimate of drug-likeness (QED) is 0.704. The third-order valence-electron chi connectivity index (χ3n) is 3.98. The number of hydrogen-bond acceptors (Lipinski definition) is 5. The van der Waals surface area contributed by atoms with Crippen LogP contribution in [0.2, 0.25) is 0 Å². The lowest BCUT2D eigenvalue weighted by molar-refractivity contribution is 0.226. The number of nitrogens with zero attached hydrogens (tertiary/aromatic N) is 1. The number of sulfonamides is 1. The molecular formula is C14H24N4O2S. The Morgan fingerprint density at radius 3 is 2.62 bits per heavy atom. The van der Waals surface area contributed by atoms with Crippen LogP contribution in [0.4, 0.5) is 11.4 Å². The molecule has 1 fully saturated rings. The van der Waals surface area contributed by atoms with Gasteiger partial charge in [-0.25, -0.2) is 13.1 Å². The van der Waals surface area contributed by atoms with Crippen molar-refractivity contribution in [3.8, 4) is 0 Å². The molecule has 1 heterocycles. The van der Waals surface area contributed by atoms with Crippen molar-refractivity contribution >= 4 is 21.4 Å². The zero-order valence-electron chi connectivity index (χ0n) is 12.6. The number of rotatable bonds is 5. The predicted molar refractivity (Wildman–Crippen MR) is 85.8 cm³/mol. The summed E-state index contributed by atoms with van der Waals surface area (Å²) in [6, 6.07) is 4.93. The van der Waals surface area contributed by atoms with Crippen LogP contribution in [0, 0.1) is 5.92 Å². The molecule has 1 aliphatic heterocycles. The molecule has 2 rings (SSSR count). The summed E-state index contributed by atoms with van der Waals surface area (Å²) in [5.74, 6) is 0.573. The Balaban J connectivity index is 2.10. The Hall–Kier alpha value is -1.31. The number of piperidine rings is 1. The number of likely N-dealkylation sites (tertiary alicyclic amines) is 1. The Labute approximate surface area is 126 Å². The van der Waals surface area contributed by atoms with Gasteiger partial charge in [-0.05, 0) is 64.1 Å². The van der Waals surface area contributed by atoms with Crippen LogP contribution in [0.25, 0.3) is 0 Å². The molecule has 1 aromatic carbocycles. The maximum Gasteiger partial charge on any atom is 0.242 e. The minimum Gasteiger partial charge on any atom is -0.399 e. The van der Waals surface area contributed by atoms with Crippen LogP contribution in [-0.4, -0.2) is 47.0 Å². The summed E-state index contributed by atoms with van der Waals surface area (Å²) >= 11 is 0. The van der Waals surface area contributed by atoms with Crippen LogP contribution in [0.15, 0.2) is 23.1 Å². The molecule has 0 aliphatic carbocycles. The van der Waals surface area contributed by atoms with Gasteiger partial charge in [0.05, 0.1) is 5.69 Å². The van der Waals surface area contributed by atoms with Gasteiger partial charge in [0.1, 0.15) is 4.90 Å². The van der Waals surface area contributed by atoms with Crippen molar-refractivity contribution in [1.29, 1.82) is 0 Å². The molecule has 0 amide bonds. The Morgan fingerprint density at radius 1 is 1.33 bits per heavy atom. The molecule has 0 unspecified atom stereocenters. The molecule has 6 nitrogen and oxygen atoms in total. The van der Waals surface area contributed by atoms with E-state index in [4.69, 9.17) is 5.73 Å². The minimum absolute atomic E-state index is 0.206. The lowest BCUT2D eigenvalue weighted by atomic mass is 9.97. The average molecular weight is 312 g/mol. The molecular weight excluding hydrogens is 288 g/mol. The normalized spacial score (nSPS) is 17.8. The summed E-state index contributed by atoms with van der Waals surface area (Å²) in [5, 5.41) is 3.27. The van der Waals surface area contributed by atoms with Crippen molar-refractivity contribution in [1.82, 2.24) is 9.62 Å². The second kappa shape index (κ2) is 6.64. The first-order chi connectivity index (χ1) is 9.92. The lowest BCUT2D eigenvalue weighted by Gasteiger charge is -2.29. The molecule has 0 aromatic heterocycles. The van der Waals surface area contributed by atoms with E-state index in [1.54, 1.807) is 12.1 Å². The highest BCUT2D eigenvalue weighted by Crippen LogP contribution is 2.25. The SMILES string of the molecule is CNS(=O)(=O)c1cc(N)ccc1NCC1CCN(C)CC1. The van der Waals surface area contributed by atoms with Crippen molar-refractivity contribution in [3.63, 3.8) is 0 Å². The van der Waals surface area contributed by atoms with E-state index < -0.39 is 10.0 Å². The van der Waals surface area contributed by atoms with Crippen LogP contribution >= 0.6 is 0 Å². The van der Waals surface area contributed by atoms with E-state index in [0.717, 1.165) is 32.5 Å². The van der Waals surface area contributed by atoms with Crippen molar-refractivity contribution in [2.45, 2.75) is 17.7 Å². The number of anilines is 2. The van der Waals surface area contributed by atoms with Gasteiger partial charge in [0, 0.05) is 12.2 Å². The number of nitrogens with two attached hydrogens (primary N) is 1. The lowest BCUT2D eigenvalue weighted by Crippen LogP contribution is -2.33. The van der Waals surface area contributed by atoms with Gasteiger partial charge >= 0.3 is 0 Å². The summed E-state index contributed by atoms with van der Waals surface area (Å²) in [4.78, 5) is 2.52. The van der Waals surface area contributed by atoms with Gasteiger partial charge in [-0.1, -0.05) is 0 Å². The van der Waals surface area contributed by atoms with Crippen LogP contribution in [0.1, 0.15) is 12.8 Å². The molecule has 0 bridgehead atoms. The van der Waals surface area contributed by atoms with Gasteiger partial charge in [-0.15, -0.1) is 0 Å². The fourth-order valence-corrected chi connectivity index (χ4v) is 3.48. The third-order valence-corrected chi connectivity index (χ3v) is 5.44. The van der Waals surface area contributed by atoms with Crippen LogP contribution < -0.4 is 15.8 Å². The van der Waals surface area contributed by atoms with E-state index >= 15 is 0 Å². The Kier molecular flexibility index (Phi) is 5.08. The molecule has 21 heavy (non-hydrogen) atoms. The van der Waals surface area contributed by atoms with Crippen LogP contribution in [-0.2, 0) is 10.0 Å². The number of nitrogens with one attached hydrogen (secondary N) is 2. The topological polar surface area (TPSA) is 87.5 Å². The molecule has 0 radical (unpaired) electrons. The third kappa shape index (κ3) is 4.09. The summed E-state index contributed by atoms with van der Waals surface area (Å²) in [7, 11) is 0.0145. The highest BCUT2D eigenvalue weighted by Gasteiger charge is 2.20. The zero-order chi connectivity index (χ0) is 15.5. The molecule has 4 N–H and O–H groups in total. The molecule has 1 saturated heterocycles. The van der Waals surface area contributed by atoms with E-state index in [1.165, 1.54) is 13.1 Å². The summed E-state index contributed by atoms with van der Waals surface area (Å²) in [6.07, 6.45) is 2.26. The van der Waals surface area contributed by atoms with E-state index in [1.807, 2.05) is 0 Å². The first-order valence-electron chi connectivity index (χ1n) is 7.18. The molecule has 118 valence electrons. The summed E-state index contributed by atoms with van der Waals surface area (Å²) < 4.78 is 26.4. The number of nitrogen functional groups attached to an aromatic ring is 1. The first kappa shape index (κ1) is 16.1. The van der Waals surface area contributed by atoms with Gasteiger partial charge in [0.15, 0.2) is 0 Å². The van der Waals surface area contributed by atoms with Gasteiger partial charge in [0.25, 0.3) is 0 Å². The first-order valence-corrected chi connectivity index (χ1v) is 8.66. The minimum atomic E-state index is -3.51. The van der Waals surface area contributed by atoms with E-state index in [0.29, 0.717) is 17.3 Å². The Bertz CT molecular complexity index is 581. The monoisotopic (exact) mass is 312 g/mol. The van der Waals surface area contributed by atoms with Crippen molar-refractivity contribution in [2.75, 3.05) is 44.8 Å². The molecule has 0 atom stereocenters. The van der Waals surface area contributed by atoms with Crippen molar-refractivity contribution in [3.05, 3.63) is 18.2 Å². The second-order valence-electron chi connectivity index (χ2n) is 5.59. The fraction of sp³-hybridized carbons (Fsp3) is 0.571. The molecule has 0 spiro atoms. The second-order valence-corrected chi connectivity index (χ2v) is 7.45. The highest BCUT2D eigenvalue weighted by molar-refractivity contribution is 7.89. The highest BCUT2D eigenvalue weighted by atomic mass is 32.2. The zero-order valence-corrected chi connectivity index (χ0v) is 13.4. The van der Waals surface area contributed by atoms with Gasteiger partial charge in [0.2, 0.25) is 10.0 Å². The van der Waals surface area contributed by atoms with Crippen LogP contribution in [0.5, 0.6) is 0 Å². The maximum absolute atomic E-state index is 12.1. The molecule has 7 heteroatoms. The average Bonchev–Trinajstić information content (AvgIpc) is 2.47. The molecule has 0 saturated carbocycles. The largest absolute Gasteiger partial charge is 0.399 e. The van der Waals surface area contributed by atoms with E-state index in [9.17, 15) is 8.42 Å². The summed E-state index contributed by atoms with van der Waals surface area (Å²) in [6.45, 7) is 2.97. The summed E-state index contributed by atoms with van der Waals surface area (Å²) in [5.41, 5.74) is 6.75. The molecule has 1 aromatic rings. The predicted octanol–water partition coefficient (Wildman–Crippen LogP) is 0.931. The van der Waals surface area contributed by atoms with Gasteiger partial charge < -0.3 is 16.0 Å².